The fourth-order valence-corrected chi connectivity index (χ4v) is 4.40. The van der Waals surface area contributed by atoms with E-state index in [1.165, 1.54) is 0 Å². The number of hydrogen-bond acceptors (Lipinski definition) is 5. The predicted octanol–water partition coefficient (Wildman–Crippen LogP) is 4.33. The van der Waals surface area contributed by atoms with Gasteiger partial charge in [-0.1, -0.05) is 29.3 Å². The summed E-state index contributed by atoms with van der Waals surface area (Å²) in [5.74, 6) is 0.589. The Balaban J connectivity index is 1.38. The standard InChI is InChI=1S/C22H27Cl2N5O2/c1-13(14-2-7-18(23)19(24)10-14)26-22(31)29-9-8-15-11-25-21(28-20(15)12-29)27-16-3-5-17(30)6-4-16/h2,7,10-11,13,16-17,30H,3-6,8-9,12H2,1H3,(H,26,31)(H,25,27,28). The number of halogens is 2. The molecule has 9 heteroatoms. The van der Waals surface area contributed by atoms with Gasteiger partial charge in [-0.05, 0) is 62.3 Å². The van der Waals surface area contributed by atoms with E-state index in [1.54, 1.807) is 17.0 Å². The second-order valence-corrected chi connectivity index (χ2v) is 9.15. The molecule has 0 radical (unpaired) electrons. The molecule has 4 rings (SSSR count). The zero-order valence-corrected chi connectivity index (χ0v) is 19.0. The van der Waals surface area contributed by atoms with Gasteiger partial charge in [-0.25, -0.2) is 14.8 Å². The number of anilines is 1. The fourth-order valence-electron chi connectivity index (χ4n) is 4.09. The molecule has 1 aromatic heterocycles. The van der Waals surface area contributed by atoms with Crippen molar-refractivity contribution in [2.24, 2.45) is 0 Å². The number of amides is 2. The molecular formula is C22H27Cl2N5O2. The maximum absolute atomic E-state index is 12.8. The number of aliphatic hydroxyl groups is 1. The van der Waals surface area contributed by atoms with E-state index in [2.05, 4.69) is 20.6 Å². The Hall–Kier alpha value is -2.09. The van der Waals surface area contributed by atoms with Crippen molar-refractivity contribution in [3.63, 3.8) is 0 Å². The lowest BCUT2D eigenvalue weighted by molar-refractivity contribution is 0.126. The summed E-state index contributed by atoms with van der Waals surface area (Å²) in [7, 11) is 0. The van der Waals surface area contributed by atoms with Crippen LogP contribution in [-0.4, -0.2) is 44.7 Å². The highest BCUT2D eigenvalue weighted by atomic mass is 35.5. The molecule has 1 fully saturated rings. The van der Waals surface area contributed by atoms with E-state index in [-0.39, 0.29) is 24.2 Å². The molecule has 3 N–H and O–H groups in total. The van der Waals surface area contributed by atoms with Gasteiger partial charge in [0.1, 0.15) is 0 Å². The molecule has 1 aliphatic heterocycles. The van der Waals surface area contributed by atoms with E-state index >= 15 is 0 Å². The van der Waals surface area contributed by atoms with E-state index in [0.717, 1.165) is 48.9 Å². The van der Waals surface area contributed by atoms with Gasteiger partial charge in [-0.3, -0.25) is 0 Å². The first kappa shape index (κ1) is 22.1. The summed E-state index contributed by atoms with van der Waals surface area (Å²) < 4.78 is 0. The van der Waals surface area contributed by atoms with Crippen molar-refractivity contribution >= 4 is 35.2 Å². The van der Waals surface area contributed by atoms with Crippen molar-refractivity contribution in [3.8, 4) is 0 Å². The number of carbonyl (C=O) groups excluding carboxylic acids is 1. The highest BCUT2D eigenvalue weighted by Crippen LogP contribution is 2.26. The average Bonchev–Trinajstić information content (AvgIpc) is 2.76. The van der Waals surface area contributed by atoms with Gasteiger partial charge < -0.3 is 20.6 Å². The number of nitrogens with zero attached hydrogens (tertiary/aromatic N) is 3. The SMILES string of the molecule is CC(NC(=O)N1CCc2cnc(NC3CCC(O)CC3)nc2C1)c1ccc(Cl)c(Cl)c1. The molecule has 1 saturated carbocycles. The highest BCUT2D eigenvalue weighted by Gasteiger charge is 2.25. The van der Waals surface area contributed by atoms with Crippen molar-refractivity contribution in [1.82, 2.24) is 20.2 Å². The molecule has 0 spiro atoms. The molecule has 0 saturated heterocycles. The summed E-state index contributed by atoms with van der Waals surface area (Å²) in [5, 5.41) is 17.1. The highest BCUT2D eigenvalue weighted by molar-refractivity contribution is 6.42. The van der Waals surface area contributed by atoms with Crippen LogP contribution in [0.3, 0.4) is 0 Å². The third kappa shape index (κ3) is 5.40. The number of rotatable bonds is 4. The van der Waals surface area contributed by atoms with Gasteiger partial charge in [0.25, 0.3) is 0 Å². The zero-order chi connectivity index (χ0) is 22.0. The number of benzene rings is 1. The number of fused-ring (bicyclic) bond motifs is 1. The van der Waals surface area contributed by atoms with Gasteiger partial charge in [-0.2, -0.15) is 0 Å². The minimum Gasteiger partial charge on any atom is -0.393 e. The van der Waals surface area contributed by atoms with Crippen LogP contribution in [0.1, 0.15) is 55.5 Å². The molecule has 2 aromatic rings. The van der Waals surface area contributed by atoms with Crippen LogP contribution in [0.5, 0.6) is 0 Å². The van der Waals surface area contributed by atoms with Gasteiger partial charge in [0.2, 0.25) is 5.95 Å². The van der Waals surface area contributed by atoms with E-state index in [0.29, 0.717) is 29.1 Å². The maximum atomic E-state index is 12.8. The van der Waals surface area contributed by atoms with Crippen LogP contribution in [0.2, 0.25) is 10.0 Å². The van der Waals surface area contributed by atoms with E-state index in [1.807, 2.05) is 19.2 Å². The molecule has 1 aliphatic carbocycles. The molecule has 2 aliphatic rings. The van der Waals surface area contributed by atoms with Gasteiger partial charge in [0.05, 0.1) is 34.4 Å². The number of aliphatic hydroxyl groups excluding tert-OH is 1. The topological polar surface area (TPSA) is 90.4 Å². The maximum Gasteiger partial charge on any atom is 0.318 e. The smallest absolute Gasteiger partial charge is 0.318 e. The normalized spacial score (nSPS) is 21.9. The van der Waals surface area contributed by atoms with Crippen molar-refractivity contribution in [2.75, 3.05) is 11.9 Å². The molecule has 166 valence electrons. The van der Waals surface area contributed by atoms with Crippen LogP contribution in [-0.2, 0) is 13.0 Å². The molecule has 1 unspecified atom stereocenters. The Morgan fingerprint density at radius 1 is 1.23 bits per heavy atom. The van der Waals surface area contributed by atoms with Crippen LogP contribution in [0.25, 0.3) is 0 Å². The van der Waals surface area contributed by atoms with Crippen LogP contribution in [0.4, 0.5) is 10.7 Å². The summed E-state index contributed by atoms with van der Waals surface area (Å²) in [6, 6.07) is 5.30. The summed E-state index contributed by atoms with van der Waals surface area (Å²) in [4.78, 5) is 23.7. The molecule has 0 bridgehead atoms. The lowest BCUT2D eigenvalue weighted by Crippen LogP contribution is -2.44. The van der Waals surface area contributed by atoms with Crippen molar-refractivity contribution < 1.29 is 9.90 Å². The third-order valence-electron chi connectivity index (χ3n) is 6.05. The number of aromatic nitrogens is 2. The van der Waals surface area contributed by atoms with Crippen molar-refractivity contribution in [1.29, 1.82) is 0 Å². The Morgan fingerprint density at radius 2 is 2.00 bits per heavy atom. The zero-order valence-electron chi connectivity index (χ0n) is 17.4. The lowest BCUT2D eigenvalue weighted by Gasteiger charge is -2.30. The summed E-state index contributed by atoms with van der Waals surface area (Å²) in [6.45, 7) is 2.97. The number of carbonyl (C=O) groups is 1. The monoisotopic (exact) mass is 463 g/mol. The van der Waals surface area contributed by atoms with Crippen molar-refractivity contribution in [3.05, 3.63) is 51.3 Å². The number of nitrogens with one attached hydrogen (secondary N) is 2. The second-order valence-electron chi connectivity index (χ2n) is 8.33. The van der Waals surface area contributed by atoms with E-state index in [9.17, 15) is 9.90 Å². The predicted molar refractivity (Wildman–Crippen MR) is 121 cm³/mol. The molecule has 7 nitrogen and oxygen atoms in total. The van der Waals surface area contributed by atoms with Gasteiger partial charge in [0, 0.05) is 18.8 Å². The largest absolute Gasteiger partial charge is 0.393 e. The molecule has 31 heavy (non-hydrogen) atoms. The second kappa shape index (κ2) is 9.59. The van der Waals surface area contributed by atoms with Gasteiger partial charge in [-0.15, -0.1) is 0 Å². The lowest BCUT2D eigenvalue weighted by atomic mass is 9.93. The van der Waals surface area contributed by atoms with Crippen LogP contribution in [0, 0.1) is 0 Å². The van der Waals surface area contributed by atoms with Gasteiger partial charge >= 0.3 is 6.03 Å². The van der Waals surface area contributed by atoms with Crippen LogP contribution < -0.4 is 10.6 Å². The van der Waals surface area contributed by atoms with E-state index in [4.69, 9.17) is 23.2 Å². The van der Waals surface area contributed by atoms with E-state index < -0.39 is 0 Å². The number of hydrogen-bond donors (Lipinski definition) is 3. The Morgan fingerprint density at radius 3 is 2.74 bits per heavy atom. The first-order valence-corrected chi connectivity index (χ1v) is 11.4. The molecule has 1 aromatic carbocycles. The minimum absolute atomic E-state index is 0.140. The number of urea groups is 1. The fraction of sp³-hybridized carbons (Fsp3) is 0.500. The minimum atomic E-state index is -0.201. The quantitative estimate of drug-likeness (QED) is 0.627. The summed E-state index contributed by atoms with van der Waals surface area (Å²) >= 11 is 12.1. The van der Waals surface area contributed by atoms with Crippen molar-refractivity contribution in [2.45, 2.75) is 63.8 Å². The third-order valence-corrected chi connectivity index (χ3v) is 6.79. The Labute approximate surface area is 192 Å². The molecule has 2 heterocycles. The first-order chi connectivity index (χ1) is 14.9. The van der Waals surface area contributed by atoms with Gasteiger partial charge in [0.15, 0.2) is 0 Å². The molecular weight excluding hydrogens is 437 g/mol. The average molecular weight is 464 g/mol. The summed E-state index contributed by atoms with van der Waals surface area (Å²) in [5.41, 5.74) is 2.84. The Bertz CT molecular complexity index is 949. The Kier molecular flexibility index (Phi) is 6.84. The van der Waals surface area contributed by atoms with Crippen LogP contribution in [0.15, 0.2) is 24.4 Å². The first-order valence-electron chi connectivity index (χ1n) is 10.7. The molecule has 2 amide bonds. The van der Waals surface area contributed by atoms with Crippen LogP contribution >= 0.6 is 23.2 Å². The summed E-state index contributed by atoms with van der Waals surface area (Å²) in [6.07, 6.45) is 5.79. The molecule has 1 atom stereocenters.